The van der Waals surface area contributed by atoms with Crippen molar-refractivity contribution in [2.24, 2.45) is 0 Å². The van der Waals surface area contributed by atoms with Crippen LogP contribution in [0.25, 0.3) is 22.4 Å². The van der Waals surface area contributed by atoms with E-state index in [0.717, 1.165) is 22.7 Å². The third kappa shape index (κ3) is 3.28. The van der Waals surface area contributed by atoms with Gasteiger partial charge in [0.2, 0.25) is 0 Å². The summed E-state index contributed by atoms with van der Waals surface area (Å²) in [5, 5.41) is 11.7. The Hall–Kier alpha value is -2.30. The smallest absolute Gasteiger partial charge is 0.139 e. The number of benzene rings is 2. The predicted molar refractivity (Wildman–Crippen MR) is 101 cm³/mol. The Kier molecular flexibility index (Phi) is 4.47. The molecule has 0 atom stereocenters. The van der Waals surface area contributed by atoms with E-state index >= 15 is 0 Å². The molecule has 0 unspecified atom stereocenters. The van der Waals surface area contributed by atoms with Gasteiger partial charge in [0.15, 0.2) is 0 Å². The maximum absolute atomic E-state index is 11.9. The summed E-state index contributed by atoms with van der Waals surface area (Å²) >= 11 is 1.53. The Bertz CT molecular complexity index is 929. The molecule has 25 heavy (non-hydrogen) atoms. The molecule has 1 N–H and O–H groups in total. The molecule has 0 saturated heterocycles. The fourth-order valence-corrected chi connectivity index (χ4v) is 4.19. The Morgan fingerprint density at radius 2 is 1.96 bits per heavy atom. The molecule has 1 aliphatic rings. The van der Waals surface area contributed by atoms with Crippen molar-refractivity contribution in [3.63, 3.8) is 0 Å². The first-order valence-corrected chi connectivity index (χ1v) is 9.41. The van der Waals surface area contributed by atoms with Gasteiger partial charge >= 0.3 is 0 Å². The summed E-state index contributed by atoms with van der Waals surface area (Å²) in [6.07, 6.45) is 2.28. The number of Topliss-reactive ketones (excluding diaryl/α,β-unsaturated/α-hetero) is 1. The van der Waals surface area contributed by atoms with Gasteiger partial charge in [-0.1, -0.05) is 36.4 Å². The number of rotatable bonds is 6. The number of fused-ring (bicyclic) bond motifs is 3. The number of ketones is 1. The van der Waals surface area contributed by atoms with E-state index in [4.69, 9.17) is 5.11 Å². The summed E-state index contributed by atoms with van der Waals surface area (Å²) in [5.74, 6) is 0.138. The van der Waals surface area contributed by atoms with Gasteiger partial charge in [-0.25, -0.2) is 4.98 Å². The zero-order valence-corrected chi connectivity index (χ0v) is 14.7. The molecule has 4 heteroatoms. The molecule has 3 aromatic rings. The van der Waals surface area contributed by atoms with Gasteiger partial charge in [-0.05, 0) is 41.2 Å². The van der Waals surface area contributed by atoms with E-state index < -0.39 is 0 Å². The van der Waals surface area contributed by atoms with Crippen LogP contribution in [0.5, 0.6) is 0 Å². The van der Waals surface area contributed by atoms with Crippen molar-refractivity contribution < 1.29 is 9.90 Å². The molecular formula is C21H19NO2S. The number of hydrogen-bond donors (Lipinski definition) is 1. The van der Waals surface area contributed by atoms with Gasteiger partial charge in [0.1, 0.15) is 10.8 Å². The van der Waals surface area contributed by atoms with Gasteiger partial charge in [-0.3, -0.25) is 4.79 Å². The topological polar surface area (TPSA) is 50.2 Å². The Balaban J connectivity index is 1.54. The molecule has 1 aromatic heterocycles. The van der Waals surface area contributed by atoms with Gasteiger partial charge in [-0.15, -0.1) is 11.3 Å². The number of aliphatic hydroxyl groups excluding tert-OH is 1. The van der Waals surface area contributed by atoms with Gasteiger partial charge in [-0.2, -0.15) is 0 Å². The summed E-state index contributed by atoms with van der Waals surface area (Å²) in [7, 11) is 0. The number of nitrogens with zero attached hydrogens (tertiary/aromatic N) is 1. The second-order valence-electron chi connectivity index (χ2n) is 6.37. The van der Waals surface area contributed by atoms with Crippen LogP contribution in [0.2, 0.25) is 0 Å². The van der Waals surface area contributed by atoms with Crippen LogP contribution in [-0.2, 0) is 17.6 Å². The molecule has 0 bridgehead atoms. The third-order valence-corrected chi connectivity index (χ3v) is 5.45. The molecule has 1 heterocycles. The molecule has 1 aliphatic carbocycles. The highest BCUT2D eigenvalue weighted by Crippen LogP contribution is 2.38. The zero-order valence-electron chi connectivity index (χ0n) is 13.9. The summed E-state index contributed by atoms with van der Waals surface area (Å²) in [6.45, 7) is 0.0619. The Labute approximate surface area is 151 Å². The minimum Gasteiger partial charge on any atom is -0.396 e. The van der Waals surface area contributed by atoms with Crippen molar-refractivity contribution in [3.05, 3.63) is 64.0 Å². The van der Waals surface area contributed by atoms with E-state index in [2.05, 4.69) is 47.4 Å². The SMILES string of the molecule is O=C(CCCO)Cc1nc(-c2ccc3c(c2)Cc2ccccc2-3)cs1. The minimum absolute atomic E-state index is 0.0619. The van der Waals surface area contributed by atoms with Crippen molar-refractivity contribution >= 4 is 17.1 Å². The monoisotopic (exact) mass is 349 g/mol. The van der Waals surface area contributed by atoms with Crippen molar-refractivity contribution in [1.82, 2.24) is 4.98 Å². The molecule has 3 nitrogen and oxygen atoms in total. The summed E-state index contributed by atoms with van der Waals surface area (Å²) in [5.41, 5.74) is 7.41. The highest BCUT2D eigenvalue weighted by Gasteiger charge is 2.18. The molecule has 0 aliphatic heterocycles. The Morgan fingerprint density at radius 1 is 1.12 bits per heavy atom. The highest BCUT2D eigenvalue weighted by atomic mass is 32.1. The van der Waals surface area contributed by atoms with Crippen LogP contribution >= 0.6 is 11.3 Å². The van der Waals surface area contributed by atoms with E-state index in [1.807, 2.05) is 5.38 Å². The van der Waals surface area contributed by atoms with E-state index in [0.29, 0.717) is 19.3 Å². The van der Waals surface area contributed by atoms with Crippen molar-refractivity contribution in [2.45, 2.75) is 25.7 Å². The van der Waals surface area contributed by atoms with Crippen LogP contribution in [0.3, 0.4) is 0 Å². The van der Waals surface area contributed by atoms with Crippen LogP contribution < -0.4 is 0 Å². The quantitative estimate of drug-likeness (QED) is 0.566. The zero-order chi connectivity index (χ0) is 17.2. The molecule has 0 fully saturated rings. The first-order valence-electron chi connectivity index (χ1n) is 8.53. The van der Waals surface area contributed by atoms with E-state index in [9.17, 15) is 4.79 Å². The lowest BCUT2D eigenvalue weighted by Gasteiger charge is -2.03. The lowest BCUT2D eigenvalue weighted by molar-refractivity contribution is -0.118. The lowest BCUT2D eigenvalue weighted by Crippen LogP contribution is -2.03. The second kappa shape index (κ2) is 6.90. The van der Waals surface area contributed by atoms with Crippen molar-refractivity contribution in [3.8, 4) is 22.4 Å². The fourth-order valence-electron chi connectivity index (χ4n) is 3.36. The van der Waals surface area contributed by atoms with Crippen molar-refractivity contribution in [2.75, 3.05) is 6.61 Å². The number of hydrogen-bond acceptors (Lipinski definition) is 4. The largest absolute Gasteiger partial charge is 0.396 e. The third-order valence-electron chi connectivity index (χ3n) is 4.60. The normalized spacial score (nSPS) is 12.0. The average molecular weight is 349 g/mol. The summed E-state index contributed by atoms with van der Waals surface area (Å²) in [4.78, 5) is 16.5. The van der Waals surface area contributed by atoms with E-state index in [1.54, 1.807) is 0 Å². The molecule has 126 valence electrons. The van der Waals surface area contributed by atoms with Gasteiger partial charge in [0.05, 0.1) is 12.1 Å². The predicted octanol–water partition coefficient (Wildman–Crippen LogP) is 4.27. The van der Waals surface area contributed by atoms with Crippen molar-refractivity contribution in [1.29, 1.82) is 0 Å². The molecule has 2 aromatic carbocycles. The number of thiazole rings is 1. The fraction of sp³-hybridized carbons (Fsp3) is 0.238. The van der Waals surface area contributed by atoms with E-state index in [1.165, 1.54) is 33.6 Å². The maximum atomic E-state index is 11.9. The number of carbonyl (C=O) groups excluding carboxylic acids is 1. The molecule has 0 spiro atoms. The standard InChI is InChI=1S/C21H19NO2S/c23-9-3-5-17(24)12-21-22-20(13-25-21)15-7-8-19-16(11-15)10-14-4-1-2-6-18(14)19/h1-2,4,6-8,11,13,23H,3,5,9-10,12H2. The average Bonchev–Trinajstić information content (AvgIpc) is 3.23. The van der Waals surface area contributed by atoms with Gasteiger partial charge < -0.3 is 5.11 Å². The van der Waals surface area contributed by atoms with Crippen LogP contribution in [0.1, 0.15) is 29.0 Å². The summed E-state index contributed by atoms with van der Waals surface area (Å²) < 4.78 is 0. The lowest BCUT2D eigenvalue weighted by atomic mass is 10.0. The molecule has 0 saturated carbocycles. The highest BCUT2D eigenvalue weighted by molar-refractivity contribution is 7.10. The van der Waals surface area contributed by atoms with Gasteiger partial charge in [0, 0.05) is 24.0 Å². The van der Waals surface area contributed by atoms with E-state index in [-0.39, 0.29) is 12.4 Å². The van der Waals surface area contributed by atoms with Crippen LogP contribution in [0, 0.1) is 0 Å². The second-order valence-corrected chi connectivity index (χ2v) is 7.32. The molecule has 0 radical (unpaired) electrons. The van der Waals surface area contributed by atoms with Crippen LogP contribution in [0.4, 0.5) is 0 Å². The number of aliphatic hydroxyl groups is 1. The molecular weight excluding hydrogens is 330 g/mol. The number of aromatic nitrogens is 1. The maximum Gasteiger partial charge on any atom is 0.139 e. The summed E-state index contributed by atoms with van der Waals surface area (Å²) in [6, 6.07) is 15.1. The van der Waals surface area contributed by atoms with Crippen LogP contribution in [-0.4, -0.2) is 22.5 Å². The minimum atomic E-state index is 0.0619. The molecule has 0 amide bonds. The number of carbonyl (C=O) groups is 1. The molecule has 4 rings (SSSR count). The first kappa shape index (κ1) is 16.2. The first-order chi connectivity index (χ1) is 12.2. The van der Waals surface area contributed by atoms with Crippen LogP contribution in [0.15, 0.2) is 47.8 Å². The Morgan fingerprint density at radius 3 is 2.84 bits per heavy atom. The van der Waals surface area contributed by atoms with Gasteiger partial charge in [0.25, 0.3) is 0 Å².